The van der Waals surface area contributed by atoms with Crippen LogP contribution in [0.3, 0.4) is 0 Å². The lowest BCUT2D eigenvalue weighted by Gasteiger charge is -2.32. The van der Waals surface area contributed by atoms with Crippen molar-refractivity contribution >= 4 is 17.6 Å². The Morgan fingerprint density at radius 2 is 1.68 bits per heavy atom. The first-order chi connectivity index (χ1) is 16.6. The Bertz CT molecular complexity index is 998. The Balaban J connectivity index is 1.47. The molecule has 0 bridgehead atoms. The zero-order valence-corrected chi connectivity index (χ0v) is 20.0. The summed E-state index contributed by atoms with van der Waals surface area (Å²) >= 11 is 0. The highest BCUT2D eigenvalue weighted by atomic mass is 16.5. The first-order valence-corrected chi connectivity index (χ1v) is 12.2. The number of nitrogens with zero attached hydrogens (tertiary/aromatic N) is 3. The van der Waals surface area contributed by atoms with Gasteiger partial charge in [0, 0.05) is 6.42 Å². The topological polar surface area (TPSA) is 71.4 Å². The largest absolute Gasteiger partial charge is 0.494 e. The van der Waals surface area contributed by atoms with Crippen LogP contribution in [0.2, 0.25) is 0 Å². The van der Waals surface area contributed by atoms with Crippen molar-refractivity contribution in [3.05, 3.63) is 65.7 Å². The summed E-state index contributed by atoms with van der Waals surface area (Å²) in [5.41, 5.74) is 2.98. The van der Waals surface area contributed by atoms with Crippen molar-refractivity contribution in [1.82, 2.24) is 9.91 Å². The number of ether oxygens (including phenoxy) is 2. The number of hydrazone groups is 1. The summed E-state index contributed by atoms with van der Waals surface area (Å²) in [6, 6.07) is 17.8. The molecule has 1 amide bonds. The number of hydrogen-bond donors (Lipinski definition) is 0. The Kier molecular flexibility index (Phi) is 7.95. The van der Waals surface area contributed by atoms with Crippen LogP contribution in [-0.4, -0.2) is 60.3 Å². The molecule has 1 fully saturated rings. The van der Waals surface area contributed by atoms with E-state index in [0.717, 1.165) is 22.6 Å². The molecule has 4 rings (SSSR count). The van der Waals surface area contributed by atoms with E-state index >= 15 is 0 Å². The molecule has 7 nitrogen and oxygen atoms in total. The summed E-state index contributed by atoms with van der Waals surface area (Å²) in [5, 5.41) is 6.42. The van der Waals surface area contributed by atoms with Crippen LogP contribution in [0.4, 0.5) is 0 Å². The Labute approximate surface area is 201 Å². The second-order valence-corrected chi connectivity index (χ2v) is 8.68. The van der Waals surface area contributed by atoms with E-state index in [2.05, 4.69) is 4.90 Å². The molecule has 0 spiro atoms. The minimum Gasteiger partial charge on any atom is -0.494 e. The van der Waals surface area contributed by atoms with Crippen molar-refractivity contribution in [2.45, 2.75) is 39.2 Å². The third-order valence-corrected chi connectivity index (χ3v) is 6.42. The number of esters is 1. The van der Waals surface area contributed by atoms with Crippen LogP contribution in [0.25, 0.3) is 0 Å². The van der Waals surface area contributed by atoms with Gasteiger partial charge >= 0.3 is 5.97 Å². The molecule has 1 atom stereocenters. The number of benzene rings is 2. The second kappa shape index (κ2) is 11.3. The molecule has 1 saturated heterocycles. The van der Waals surface area contributed by atoms with Crippen LogP contribution in [0.1, 0.15) is 50.3 Å². The van der Waals surface area contributed by atoms with E-state index in [0.29, 0.717) is 45.6 Å². The quantitative estimate of drug-likeness (QED) is 0.553. The number of hydrogen-bond acceptors (Lipinski definition) is 6. The molecule has 0 aliphatic carbocycles. The van der Waals surface area contributed by atoms with Crippen LogP contribution in [0, 0.1) is 5.92 Å². The first-order valence-electron chi connectivity index (χ1n) is 12.2. The molecule has 0 radical (unpaired) electrons. The van der Waals surface area contributed by atoms with Gasteiger partial charge in [0.25, 0.3) is 5.91 Å². The zero-order chi connectivity index (χ0) is 23.9. The van der Waals surface area contributed by atoms with Gasteiger partial charge in [0.05, 0.1) is 37.4 Å². The zero-order valence-electron chi connectivity index (χ0n) is 20.0. The molecule has 0 saturated carbocycles. The van der Waals surface area contributed by atoms with Crippen molar-refractivity contribution < 1.29 is 19.1 Å². The molecular formula is C27H33N3O4. The standard InChI is InChI=1S/C27H33N3O4/c1-3-33-23-12-10-21(11-13-23)25-18-24(20-8-6-5-7-9-20)28-30(25)26(31)19-29-16-14-22(15-17-29)27(32)34-4-2/h5-13,22,25H,3-4,14-19H2,1-2H3/t25-/m0/s1. The molecule has 2 heterocycles. The normalized spacial score (nSPS) is 19.1. The minimum atomic E-state index is -0.157. The third kappa shape index (κ3) is 5.65. The summed E-state index contributed by atoms with van der Waals surface area (Å²) in [4.78, 5) is 27.6. The van der Waals surface area contributed by atoms with Crippen LogP contribution in [-0.2, 0) is 14.3 Å². The van der Waals surface area contributed by atoms with Crippen LogP contribution < -0.4 is 4.74 Å². The van der Waals surface area contributed by atoms with E-state index in [-0.39, 0.29) is 30.4 Å². The summed E-state index contributed by atoms with van der Waals surface area (Å²) in [6.07, 6.45) is 2.09. The van der Waals surface area contributed by atoms with Gasteiger partial charge in [0.15, 0.2) is 0 Å². The molecule has 2 aliphatic heterocycles. The van der Waals surface area contributed by atoms with E-state index in [1.54, 1.807) is 5.01 Å². The summed E-state index contributed by atoms with van der Waals surface area (Å²) in [7, 11) is 0. The molecule has 2 aliphatic rings. The van der Waals surface area contributed by atoms with Crippen LogP contribution in [0.5, 0.6) is 5.75 Å². The average Bonchev–Trinajstić information content (AvgIpc) is 3.32. The molecule has 0 N–H and O–H groups in total. The predicted octanol–water partition coefficient (Wildman–Crippen LogP) is 4.04. The summed E-state index contributed by atoms with van der Waals surface area (Å²) in [6.45, 7) is 6.49. The number of carbonyl (C=O) groups excluding carboxylic acids is 2. The molecule has 7 heteroatoms. The summed E-state index contributed by atoms with van der Waals surface area (Å²) in [5.74, 6) is 0.591. The molecular weight excluding hydrogens is 430 g/mol. The molecule has 2 aromatic carbocycles. The van der Waals surface area contributed by atoms with Crippen molar-refractivity contribution in [3.63, 3.8) is 0 Å². The molecule has 180 valence electrons. The van der Waals surface area contributed by atoms with Gasteiger partial charge in [-0.05, 0) is 63.0 Å². The fraction of sp³-hybridized carbons (Fsp3) is 0.444. The maximum Gasteiger partial charge on any atom is 0.309 e. The number of rotatable bonds is 8. The summed E-state index contributed by atoms with van der Waals surface area (Å²) < 4.78 is 10.7. The first kappa shape index (κ1) is 24.0. The van der Waals surface area contributed by atoms with Crippen LogP contribution >= 0.6 is 0 Å². The maximum absolute atomic E-state index is 13.4. The van der Waals surface area contributed by atoms with Crippen molar-refractivity contribution in [1.29, 1.82) is 0 Å². The number of piperidine rings is 1. The van der Waals surface area contributed by atoms with E-state index < -0.39 is 0 Å². The molecule has 34 heavy (non-hydrogen) atoms. The molecule has 0 unspecified atom stereocenters. The Morgan fingerprint density at radius 1 is 0.971 bits per heavy atom. The number of likely N-dealkylation sites (tertiary alicyclic amines) is 1. The van der Waals surface area contributed by atoms with Gasteiger partial charge in [0.2, 0.25) is 0 Å². The van der Waals surface area contributed by atoms with Gasteiger partial charge in [-0.25, -0.2) is 5.01 Å². The number of carbonyl (C=O) groups is 2. The van der Waals surface area contributed by atoms with E-state index in [1.165, 1.54) is 0 Å². The minimum absolute atomic E-state index is 0.0283. The van der Waals surface area contributed by atoms with Gasteiger partial charge in [-0.15, -0.1) is 0 Å². The highest BCUT2D eigenvalue weighted by Gasteiger charge is 2.35. The third-order valence-electron chi connectivity index (χ3n) is 6.42. The van der Waals surface area contributed by atoms with Gasteiger partial charge in [0.1, 0.15) is 5.75 Å². The predicted molar refractivity (Wildman–Crippen MR) is 131 cm³/mol. The fourth-order valence-corrected chi connectivity index (χ4v) is 4.61. The Morgan fingerprint density at radius 3 is 2.32 bits per heavy atom. The lowest BCUT2D eigenvalue weighted by molar-refractivity contribution is -0.149. The van der Waals surface area contributed by atoms with Gasteiger partial charge < -0.3 is 9.47 Å². The van der Waals surface area contributed by atoms with E-state index in [4.69, 9.17) is 14.6 Å². The van der Waals surface area contributed by atoms with Crippen molar-refractivity contribution in [2.75, 3.05) is 32.8 Å². The highest BCUT2D eigenvalue weighted by molar-refractivity contribution is 6.03. The monoisotopic (exact) mass is 463 g/mol. The Hall–Kier alpha value is -3.19. The fourth-order valence-electron chi connectivity index (χ4n) is 4.61. The smallest absolute Gasteiger partial charge is 0.309 e. The van der Waals surface area contributed by atoms with Crippen molar-refractivity contribution in [2.24, 2.45) is 11.0 Å². The second-order valence-electron chi connectivity index (χ2n) is 8.68. The molecule has 2 aromatic rings. The van der Waals surface area contributed by atoms with Gasteiger partial charge in [-0.1, -0.05) is 42.5 Å². The lowest BCUT2D eigenvalue weighted by Crippen LogP contribution is -2.43. The highest BCUT2D eigenvalue weighted by Crippen LogP contribution is 2.34. The number of amides is 1. The van der Waals surface area contributed by atoms with Crippen molar-refractivity contribution in [3.8, 4) is 5.75 Å². The average molecular weight is 464 g/mol. The molecule has 0 aromatic heterocycles. The van der Waals surface area contributed by atoms with Gasteiger partial charge in [-0.2, -0.15) is 5.10 Å². The SMILES string of the molecule is CCOC(=O)C1CCN(CC(=O)N2N=C(c3ccccc3)C[C@H]2c2ccc(OCC)cc2)CC1. The van der Waals surface area contributed by atoms with E-state index in [9.17, 15) is 9.59 Å². The van der Waals surface area contributed by atoms with Gasteiger partial charge in [-0.3, -0.25) is 14.5 Å². The van der Waals surface area contributed by atoms with E-state index in [1.807, 2.05) is 68.4 Å². The lowest BCUT2D eigenvalue weighted by atomic mass is 9.97. The maximum atomic E-state index is 13.4. The van der Waals surface area contributed by atoms with Crippen LogP contribution in [0.15, 0.2) is 59.7 Å².